The van der Waals surface area contributed by atoms with Gasteiger partial charge in [0.15, 0.2) is 5.82 Å². The van der Waals surface area contributed by atoms with Gasteiger partial charge >= 0.3 is 0 Å². The highest BCUT2D eigenvalue weighted by Crippen LogP contribution is 2.20. The monoisotopic (exact) mass is 341 g/mol. The van der Waals surface area contributed by atoms with Crippen molar-refractivity contribution < 1.29 is 4.52 Å². The molecule has 2 aromatic rings. The number of nitrogens with one attached hydrogen (secondary N) is 1. The molecule has 0 atom stereocenters. The van der Waals surface area contributed by atoms with Crippen LogP contribution < -0.4 is 5.32 Å². The first-order valence-electron chi connectivity index (χ1n) is 7.57. The Morgan fingerprint density at radius 1 is 1.23 bits per heavy atom. The average molecular weight is 342 g/mol. The molecular formula is C16H21Cl2N3O. The van der Waals surface area contributed by atoms with E-state index in [4.69, 9.17) is 16.1 Å². The lowest BCUT2D eigenvalue weighted by Gasteiger charge is -2.21. The van der Waals surface area contributed by atoms with Crippen LogP contribution in [-0.2, 0) is 12.8 Å². The molecule has 0 amide bonds. The average Bonchev–Trinajstić information content (AvgIpc) is 2.96. The lowest BCUT2D eigenvalue weighted by molar-refractivity contribution is 0.323. The highest BCUT2D eigenvalue weighted by atomic mass is 35.5. The van der Waals surface area contributed by atoms with Crippen molar-refractivity contribution in [3.8, 4) is 0 Å². The summed E-state index contributed by atoms with van der Waals surface area (Å²) in [6.07, 6.45) is 5.13. The van der Waals surface area contributed by atoms with Gasteiger partial charge in [0, 0.05) is 17.9 Å². The Kier molecular flexibility index (Phi) is 6.68. The zero-order valence-electron chi connectivity index (χ0n) is 12.4. The van der Waals surface area contributed by atoms with Gasteiger partial charge in [0.05, 0.1) is 0 Å². The normalized spacial score (nSPS) is 15.5. The van der Waals surface area contributed by atoms with Gasteiger partial charge in [-0.3, -0.25) is 0 Å². The molecule has 3 rings (SSSR count). The summed E-state index contributed by atoms with van der Waals surface area (Å²) < 4.78 is 5.35. The van der Waals surface area contributed by atoms with E-state index in [1.165, 1.54) is 12.8 Å². The molecule has 0 unspecified atom stereocenters. The summed E-state index contributed by atoms with van der Waals surface area (Å²) in [5, 5.41) is 8.19. The summed E-state index contributed by atoms with van der Waals surface area (Å²) in [5.74, 6) is 2.24. The third-order valence-electron chi connectivity index (χ3n) is 4.04. The van der Waals surface area contributed by atoms with Crippen LogP contribution in [0.1, 0.15) is 36.5 Å². The molecule has 0 saturated carbocycles. The molecule has 4 nitrogen and oxygen atoms in total. The van der Waals surface area contributed by atoms with Gasteiger partial charge in [-0.15, -0.1) is 12.4 Å². The number of nitrogens with zero attached hydrogens (tertiary/aromatic N) is 2. The standard InChI is InChI=1S/C16H20ClN3O.ClH/c17-14-4-2-1-3-13(14)11-15-19-16(21-20-15)6-5-12-7-9-18-10-8-12;/h1-4,12,18H,5-11H2;1H. The third-order valence-corrected chi connectivity index (χ3v) is 4.41. The van der Waals surface area contributed by atoms with Crippen LogP contribution in [0.25, 0.3) is 0 Å². The van der Waals surface area contributed by atoms with Crippen LogP contribution in [0, 0.1) is 5.92 Å². The number of halogens is 2. The second-order valence-corrected chi connectivity index (χ2v) is 6.01. The number of aromatic nitrogens is 2. The first kappa shape index (κ1) is 17.3. The second-order valence-electron chi connectivity index (χ2n) is 5.60. The molecule has 1 fully saturated rings. The highest BCUT2D eigenvalue weighted by Gasteiger charge is 2.15. The molecule has 1 saturated heterocycles. The van der Waals surface area contributed by atoms with Crippen LogP contribution in [0.3, 0.4) is 0 Å². The second kappa shape index (κ2) is 8.51. The Morgan fingerprint density at radius 2 is 2.00 bits per heavy atom. The predicted molar refractivity (Wildman–Crippen MR) is 89.7 cm³/mol. The fourth-order valence-electron chi connectivity index (χ4n) is 2.77. The molecule has 120 valence electrons. The molecule has 0 spiro atoms. The Bertz CT molecular complexity index is 582. The zero-order valence-corrected chi connectivity index (χ0v) is 14.0. The first-order chi connectivity index (χ1) is 10.3. The van der Waals surface area contributed by atoms with E-state index < -0.39 is 0 Å². The van der Waals surface area contributed by atoms with Crippen LogP contribution in [0.5, 0.6) is 0 Å². The number of benzene rings is 1. The molecule has 0 bridgehead atoms. The number of rotatable bonds is 5. The van der Waals surface area contributed by atoms with Crippen LogP contribution in [-0.4, -0.2) is 23.2 Å². The maximum absolute atomic E-state index is 6.15. The Morgan fingerprint density at radius 3 is 2.77 bits per heavy atom. The van der Waals surface area contributed by atoms with Gasteiger partial charge in [-0.1, -0.05) is 35.0 Å². The fraction of sp³-hybridized carbons (Fsp3) is 0.500. The summed E-state index contributed by atoms with van der Waals surface area (Å²) in [7, 11) is 0. The smallest absolute Gasteiger partial charge is 0.226 e. The van der Waals surface area contributed by atoms with Gasteiger partial charge in [0.25, 0.3) is 0 Å². The maximum Gasteiger partial charge on any atom is 0.226 e. The van der Waals surface area contributed by atoms with Crippen LogP contribution in [0.4, 0.5) is 0 Å². The van der Waals surface area contributed by atoms with E-state index in [1.54, 1.807) is 0 Å². The number of aryl methyl sites for hydroxylation is 1. The maximum atomic E-state index is 6.15. The van der Waals surface area contributed by atoms with Crippen molar-refractivity contribution in [1.29, 1.82) is 0 Å². The molecule has 1 aromatic heterocycles. The molecule has 0 aliphatic carbocycles. The van der Waals surface area contributed by atoms with Crippen molar-refractivity contribution in [3.05, 3.63) is 46.6 Å². The van der Waals surface area contributed by atoms with Crippen molar-refractivity contribution >= 4 is 24.0 Å². The van der Waals surface area contributed by atoms with Crippen LogP contribution in [0.15, 0.2) is 28.8 Å². The van der Waals surface area contributed by atoms with E-state index in [1.807, 2.05) is 24.3 Å². The Hall–Kier alpha value is -1.10. The molecule has 0 radical (unpaired) electrons. The van der Waals surface area contributed by atoms with Gasteiger partial charge in [-0.25, -0.2) is 0 Å². The molecule has 1 aliphatic rings. The van der Waals surface area contributed by atoms with E-state index in [0.717, 1.165) is 48.3 Å². The molecule has 6 heteroatoms. The summed E-state index contributed by atoms with van der Waals surface area (Å²) in [6, 6.07) is 7.77. The van der Waals surface area contributed by atoms with E-state index >= 15 is 0 Å². The SMILES string of the molecule is Cl.Clc1ccccc1Cc1noc(CCC2CCNCC2)n1. The summed E-state index contributed by atoms with van der Waals surface area (Å²) in [5.41, 5.74) is 1.03. The van der Waals surface area contributed by atoms with E-state index in [-0.39, 0.29) is 12.4 Å². The largest absolute Gasteiger partial charge is 0.339 e. The third kappa shape index (κ3) is 4.70. The van der Waals surface area contributed by atoms with Gasteiger partial charge in [0.2, 0.25) is 5.89 Å². The van der Waals surface area contributed by atoms with Crippen LogP contribution in [0.2, 0.25) is 5.02 Å². The van der Waals surface area contributed by atoms with E-state index in [9.17, 15) is 0 Å². The van der Waals surface area contributed by atoms with Gasteiger partial charge < -0.3 is 9.84 Å². The number of hydrogen-bond acceptors (Lipinski definition) is 4. The number of hydrogen-bond donors (Lipinski definition) is 1. The van der Waals surface area contributed by atoms with Crippen molar-refractivity contribution in [3.63, 3.8) is 0 Å². The van der Waals surface area contributed by atoms with Crippen molar-refractivity contribution in [1.82, 2.24) is 15.5 Å². The quantitative estimate of drug-likeness (QED) is 0.901. The van der Waals surface area contributed by atoms with Crippen molar-refractivity contribution in [2.24, 2.45) is 5.92 Å². The molecule has 1 aliphatic heterocycles. The van der Waals surface area contributed by atoms with E-state index in [2.05, 4.69) is 15.5 Å². The highest BCUT2D eigenvalue weighted by molar-refractivity contribution is 6.31. The first-order valence-corrected chi connectivity index (χ1v) is 7.94. The summed E-state index contributed by atoms with van der Waals surface area (Å²) in [4.78, 5) is 4.48. The van der Waals surface area contributed by atoms with Gasteiger partial charge in [0.1, 0.15) is 0 Å². The number of piperidine rings is 1. The molecule has 1 aromatic carbocycles. The van der Waals surface area contributed by atoms with E-state index in [0.29, 0.717) is 12.2 Å². The topological polar surface area (TPSA) is 51.0 Å². The Labute approximate surface area is 142 Å². The Balaban J connectivity index is 0.00000176. The summed E-state index contributed by atoms with van der Waals surface area (Å²) in [6.45, 7) is 2.26. The molecule has 22 heavy (non-hydrogen) atoms. The lowest BCUT2D eigenvalue weighted by Crippen LogP contribution is -2.27. The lowest BCUT2D eigenvalue weighted by atomic mass is 9.93. The molecular weight excluding hydrogens is 321 g/mol. The minimum Gasteiger partial charge on any atom is -0.339 e. The molecule has 1 N–H and O–H groups in total. The molecule has 2 heterocycles. The minimum atomic E-state index is 0. The van der Waals surface area contributed by atoms with Gasteiger partial charge in [-0.2, -0.15) is 4.98 Å². The van der Waals surface area contributed by atoms with Crippen LogP contribution >= 0.6 is 24.0 Å². The predicted octanol–water partition coefficient (Wildman–Crippen LogP) is 3.67. The summed E-state index contributed by atoms with van der Waals surface area (Å²) >= 11 is 6.15. The fourth-order valence-corrected chi connectivity index (χ4v) is 2.98. The van der Waals surface area contributed by atoms with Gasteiger partial charge in [-0.05, 0) is 49.9 Å². The van der Waals surface area contributed by atoms with Crippen molar-refractivity contribution in [2.45, 2.75) is 32.1 Å². The van der Waals surface area contributed by atoms with Crippen molar-refractivity contribution in [2.75, 3.05) is 13.1 Å². The zero-order chi connectivity index (χ0) is 14.5. The minimum absolute atomic E-state index is 0.